The van der Waals surface area contributed by atoms with E-state index in [4.69, 9.17) is 0 Å². The van der Waals surface area contributed by atoms with Crippen molar-refractivity contribution < 1.29 is 14.7 Å². The molecule has 2 saturated heterocycles. The highest BCUT2D eigenvalue weighted by Crippen LogP contribution is 2.43. The Morgan fingerprint density at radius 3 is 2.56 bits per heavy atom. The Morgan fingerprint density at radius 1 is 1.36 bits per heavy atom. The van der Waals surface area contributed by atoms with E-state index in [-0.39, 0.29) is 11.3 Å². The van der Waals surface area contributed by atoms with Crippen molar-refractivity contribution in [2.24, 2.45) is 5.41 Å². The number of carbonyl (C=O) groups excluding carboxylic acids is 1. The molecule has 1 amide bonds. The van der Waals surface area contributed by atoms with Crippen LogP contribution < -0.4 is 4.90 Å². The van der Waals surface area contributed by atoms with Crippen LogP contribution in [0.2, 0.25) is 0 Å². The molecule has 0 saturated carbocycles. The molecule has 7 heteroatoms. The normalized spacial score (nSPS) is 22.4. The van der Waals surface area contributed by atoms with Crippen molar-refractivity contribution >= 4 is 17.8 Å². The van der Waals surface area contributed by atoms with E-state index in [0.717, 1.165) is 49.6 Å². The number of likely N-dealkylation sites (tertiary alicyclic amines) is 1. The molecular weight excluding hydrogens is 320 g/mol. The van der Waals surface area contributed by atoms with Crippen LogP contribution in [0.15, 0.2) is 6.20 Å². The van der Waals surface area contributed by atoms with E-state index < -0.39 is 12.0 Å². The molecule has 1 unspecified atom stereocenters. The summed E-state index contributed by atoms with van der Waals surface area (Å²) in [5.74, 6) is -0.293. The Balaban J connectivity index is 1.71. The van der Waals surface area contributed by atoms with Crippen molar-refractivity contribution in [2.75, 3.05) is 24.5 Å². The molecular formula is C18H26N4O3. The van der Waals surface area contributed by atoms with Gasteiger partial charge in [-0.2, -0.15) is 0 Å². The molecule has 2 aliphatic heterocycles. The minimum Gasteiger partial charge on any atom is -0.480 e. The Labute approximate surface area is 148 Å². The topological polar surface area (TPSA) is 86.6 Å². The Bertz CT molecular complexity index is 659. The number of rotatable bonds is 3. The van der Waals surface area contributed by atoms with Gasteiger partial charge >= 0.3 is 5.97 Å². The van der Waals surface area contributed by atoms with Crippen LogP contribution >= 0.6 is 0 Å². The molecule has 0 bridgehead atoms. The summed E-state index contributed by atoms with van der Waals surface area (Å²) in [6.45, 7) is 7.70. The fraction of sp³-hybridized carbons (Fsp3) is 0.667. The second-order valence-electron chi connectivity index (χ2n) is 7.35. The van der Waals surface area contributed by atoms with Gasteiger partial charge in [0, 0.05) is 38.4 Å². The molecule has 3 rings (SSSR count). The van der Waals surface area contributed by atoms with Crippen LogP contribution in [0.4, 0.5) is 5.95 Å². The molecule has 1 N–H and O–H groups in total. The highest BCUT2D eigenvalue weighted by atomic mass is 16.4. The SMILES string of the molecule is CCc1nc(N2CCC3(CC2)CC(C(=O)O)N(C(C)=O)C3)ncc1C. The zero-order valence-electron chi connectivity index (χ0n) is 15.2. The number of hydrogen-bond donors (Lipinski definition) is 1. The predicted molar refractivity (Wildman–Crippen MR) is 93.5 cm³/mol. The first kappa shape index (κ1) is 17.6. The average molecular weight is 346 g/mol. The van der Waals surface area contributed by atoms with Gasteiger partial charge in [-0.05, 0) is 43.6 Å². The quantitative estimate of drug-likeness (QED) is 0.895. The number of carbonyl (C=O) groups is 2. The van der Waals surface area contributed by atoms with Gasteiger partial charge < -0.3 is 14.9 Å². The van der Waals surface area contributed by atoms with Gasteiger partial charge in [-0.3, -0.25) is 4.79 Å². The van der Waals surface area contributed by atoms with Gasteiger partial charge in [0.2, 0.25) is 11.9 Å². The molecule has 1 aromatic rings. The third kappa shape index (κ3) is 3.32. The summed E-state index contributed by atoms with van der Waals surface area (Å²) >= 11 is 0. The average Bonchev–Trinajstić information content (AvgIpc) is 2.96. The molecule has 0 aliphatic carbocycles. The Morgan fingerprint density at radius 2 is 2.04 bits per heavy atom. The number of nitrogens with zero attached hydrogens (tertiary/aromatic N) is 4. The van der Waals surface area contributed by atoms with Crippen LogP contribution in [0.5, 0.6) is 0 Å². The monoisotopic (exact) mass is 346 g/mol. The molecule has 0 aromatic carbocycles. The highest BCUT2D eigenvalue weighted by molar-refractivity contribution is 5.83. The zero-order chi connectivity index (χ0) is 18.2. The first-order chi connectivity index (χ1) is 11.8. The molecule has 7 nitrogen and oxygen atoms in total. The Kier molecular flexibility index (Phi) is 4.67. The molecule has 0 radical (unpaired) electrons. The van der Waals surface area contributed by atoms with Gasteiger partial charge in [-0.15, -0.1) is 0 Å². The number of piperidine rings is 1. The summed E-state index contributed by atoms with van der Waals surface area (Å²) in [5, 5.41) is 9.44. The summed E-state index contributed by atoms with van der Waals surface area (Å²) < 4.78 is 0. The van der Waals surface area contributed by atoms with Gasteiger partial charge in [0.05, 0.1) is 0 Å². The lowest BCUT2D eigenvalue weighted by Crippen LogP contribution is -2.43. The minimum absolute atomic E-state index is 0.0937. The van der Waals surface area contributed by atoms with E-state index in [1.165, 1.54) is 11.8 Å². The number of carboxylic acids is 1. The number of aliphatic carboxylic acids is 1. The second kappa shape index (κ2) is 6.61. The summed E-state index contributed by atoms with van der Waals surface area (Å²) in [4.78, 5) is 36.2. The molecule has 1 aromatic heterocycles. The third-order valence-electron chi connectivity index (χ3n) is 5.70. The maximum absolute atomic E-state index is 11.8. The van der Waals surface area contributed by atoms with Crippen molar-refractivity contribution in [2.45, 2.75) is 52.5 Å². The van der Waals surface area contributed by atoms with Crippen LogP contribution in [-0.2, 0) is 16.0 Å². The van der Waals surface area contributed by atoms with Crippen LogP contribution in [0.25, 0.3) is 0 Å². The second-order valence-corrected chi connectivity index (χ2v) is 7.35. The van der Waals surface area contributed by atoms with E-state index >= 15 is 0 Å². The first-order valence-corrected chi connectivity index (χ1v) is 8.93. The molecule has 1 spiro atoms. The van der Waals surface area contributed by atoms with E-state index in [2.05, 4.69) is 21.8 Å². The number of aromatic nitrogens is 2. The highest BCUT2D eigenvalue weighted by Gasteiger charge is 2.49. The first-order valence-electron chi connectivity index (χ1n) is 8.93. The summed E-state index contributed by atoms with van der Waals surface area (Å²) in [5.41, 5.74) is 2.08. The van der Waals surface area contributed by atoms with Gasteiger partial charge in [-0.1, -0.05) is 6.92 Å². The largest absolute Gasteiger partial charge is 0.480 e. The molecule has 3 heterocycles. The van der Waals surface area contributed by atoms with Crippen molar-refractivity contribution in [1.82, 2.24) is 14.9 Å². The number of aryl methyl sites for hydroxylation is 2. The van der Waals surface area contributed by atoms with Crippen LogP contribution in [0.3, 0.4) is 0 Å². The third-order valence-corrected chi connectivity index (χ3v) is 5.70. The van der Waals surface area contributed by atoms with Gasteiger partial charge in [-0.25, -0.2) is 14.8 Å². The lowest BCUT2D eigenvalue weighted by atomic mass is 9.76. The summed E-state index contributed by atoms with van der Waals surface area (Å²) in [6, 6.07) is -0.689. The Hall–Kier alpha value is -2.18. The maximum atomic E-state index is 11.8. The number of carboxylic acid groups (broad SMARTS) is 1. The smallest absolute Gasteiger partial charge is 0.326 e. The minimum atomic E-state index is -0.899. The molecule has 1 atom stereocenters. The van der Waals surface area contributed by atoms with E-state index in [1.54, 1.807) is 0 Å². The molecule has 2 aliphatic rings. The molecule has 2 fully saturated rings. The van der Waals surface area contributed by atoms with Crippen molar-refractivity contribution in [1.29, 1.82) is 0 Å². The van der Waals surface area contributed by atoms with Crippen LogP contribution in [0, 0.1) is 12.3 Å². The van der Waals surface area contributed by atoms with E-state index in [9.17, 15) is 14.7 Å². The van der Waals surface area contributed by atoms with Crippen LogP contribution in [0.1, 0.15) is 44.4 Å². The van der Waals surface area contributed by atoms with Crippen molar-refractivity contribution in [3.05, 3.63) is 17.5 Å². The number of anilines is 1. The lowest BCUT2D eigenvalue weighted by molar-refractivity contribution is -0.147. The van der Waals surface area contributed by atoms with Crippen LogP contribution in [-0.4, -0.2) is 57.5 Å². The van der Waals surface area contributed by atoms with Crippen molar-refractivity contribution in [3.63, 3.8) is 0 Å². The standard InChI is InChI=1S/C18H26N4O3/c1-4-14-12(2)10-19-17(20-14)21-7-5-18(6-8-21)9-15(16(24)25)22(11-18)13(3)23/h10,15H,4-9,11H2,1-3H3,(H,24,25). The number of amides is 1. The summed E-state index contributed by atoms with van der Waals surface area (Å²) in [7, 11) is 0. The molecule has 25 heavy (non-hydrogen) atoms. The lowest BCUT2D eigenvalue weighted by Gasteiger charge is -2.39. The van der Waals surface area contributed by atoms with E-state index in [1.807, 2.05) is 13.1 Å². The van der Waals surface area contributed by atoms with E-state index in [0.29, 0.717) is 13.0 Å². The zero-order valence-corrected chi connectivity index (χ0v) is 15.2. The van der Waals surface area contributed by atoms with Gasteiger partial charge in [0.15, 0.2) is 0 Å². The summed E-state index contributed by atoms with van der Waals surface area (Å²) in [6.07, 6.45) is 5.02. The fourth-order valence-corrected chi connectivity index (χ4v) is 4.13. The molecule has 136 valence electrons. The fourth-order valence-electron chi connectivity index (χ4n) is 4.13. The number of hydrogen-bond acceptors (Lipinski definition) is 5. The predicted octanol–water partition coefficient (Wildman–Crippen LogP) is 1.64. The van der Waals surface area contributed by atoms with Gasteiger partial charge in [0.25, 0.3) is 0 Å². The van der Waals surface area contributed by atoms with Gasteiger partial charge in [0.1, 0.15) is 6.04 Å². The van der Waals surface area contributed by atoms with Crippen molar-refractivity contribution in [3.8, 4) is 0 Å². The maximum Gasteiger partial charge on any atom is 0.326 e.